The Morgan fingerprint density at radius 2 is 1.79 bits per heavy atom. The molecule has 0 radical (unpaired) electrons. The van der Waals surface area contributed by atoms with Crippen LogP contribution in [0.3, 0.4) is 0 Å². The van der Waals surface area contributed by atoms with Gasteiger partial charge in [0.1, 0.15) is 0 Å². The maximum atomic E-state index is 12.3. The summed E-state index contributed by atoms with van der Waals surface area (Å²) in [5.41, 5.74) is -0.0871. The van der Waals surface area contributed by atoms with E-state index >= 15 is 0 Å². The van der Waals surface area contributed by atoms with Gasteiger partial charge in [0, 0.05) is 6.04 Å². The van der Waals surface area contributed by atoms with Crippen molar-refractivity contribution in [3.8, 4) is 11.5 Å². The van der Waals surface area contributed by atoms with E-state index < -0.39 is 16.1 Å². The van der Waals surface area contributed by atoms with Crippen LogP contribution in [-0.2, 0) is 4.79 Å². The second-order valence-electron chi connectivity index (χ2n) is 5.17. The second-order valence-corrected chi connectivity index (χ2v) is 6.16. The predicted molar refractivity (Wildman–Crippen MR) is 89.1 cm³/mol. The molecule has 1 aromatic rings. The highest BCUT2D eigenvalue weighted by Crippen LogP contribution is 2.39. The molecule has 0 unspecified atom stereocenters. The summed E-state index contributed by atoms with van der Waals surface area (Å²) in [5, 5.41) is 10.9. The number of hydrogen-bond donors (Lipinski definition) is 0. The number of nitrogens with zero attached hydrogens (tertiary/aromatic N) is 2. The number of rotatable bonds is 5. The summed E-state index contributed by atoms with van der Waals surface area (Å²) < 4.78 is 10.2. The molecule has 0 N–H and O–H groups in total. The predicted octanol–water partition coefficient (Wildman–Crippen LogP) is 3.06. The average Bonchev–Trinajstić information content (AvgIpc) is 2.80. The minimum Gasteiger partial charge on any atom is -0.493 e. The molecule has 0 spiro atoms. The third-order valence-corrected chi connectivity index (χ3v) is 4.24. The first-order chi connectivity index (χ1) is 11.3. The first kappa shape index (κ1) is 17.8. The van der Waals surface area contributed by atoms with Gasteiger partial charge in [0.2, 0.25) is 0 Å². The van der Waals surface area contributed by atoms with E-state index in [2.05, 4.69) is 0 Å². The van der Waals surface area contributed by atoms with Crippen LogP contribution < -0.4 is 9.47 Å². The van der Waals surface area contributed by atoms with E-state index in [1.165, 1.54) is 32.4 Å². The lowest BCUT2D eigenvalue weighted by Crippen LogP contribution is -2.34. The Kier molecular flexibility index (Phi) is 5.13. The number of amides is 2. The molecule has 1 aliphatic rings. The van der Waals surface area contributed by atoms with Gasteiger partial charge in [-0.2, -0.15) is 0 Å². The van der Waals surface area contributed by atoms with Crippen LogP contribution in [-0.4, -0.2) is 41.2 Å². The van der Waals surface area contributed by atoms with E-state index in [9.17, 15) is 19.7 Å². The Hall–Kier alpha value is -2.55. The average molecular weight is 352 g/mol. The maximum absolute atomic E-state index is 12.3. The first-order valence-corrected chi connectivity index (χ1v) is 7.79. The monoisotopic (exact) mass is 352 g/mol. The van der Waals surface area contributed by atoms with Crippen molar-refractivity contribution >= 4 is 34.7 Å². The molecule has 1 saturated heterocycles. The lowest BCUT2D eigenvalue weighted by Gasteiger charge is -2.16. The Morgan fingerprint density at radius 1 is 1.21 bits per heavy atom. The van der Waals surface area contributed by atoms with Crippen LogP contribution in [0.5, 0.6) is 11.5 Å². The smallest absolute Gasteiger partial charge is 0.293 e. The summed E-state index contributed by atoms with van der Waals surface area (Å²) in [7, 11) is 2.77. The fourth-order valence-corrected chi connectivity index (χ4v) is 3.18. The number of nitro groups is 1. The molecule has 0 saturated carbocycles. The van der Waals surface area contributed by atoms with Crippen LogP contribution in [0.25, 0.3) is 6.08 Å². The first-order valence-electron chi connectivity index (χ1n) is 6.97. The normalized spacial score (nSPS) is 16.2. The highest BCUT2D eigenvalue weighted by Gasteiger charge is 2.37. The lowest BCUT2D eigenvalue weighted by molar-refractivity contribution is -0.385. The van der Waals surface area contributed by atoms with Crippen LogP contribution in [0.1, 0.15) is 19.4 Å². The zero-order valence-electron chi connectivity index (χ0n) is 13.6. The van der Waals surface area contributed by atoms with E-state index in [1.54, 1.807) is 13.8 Å². The number of benzene rings is 1. The molecular weight excluding hydrogens is 336 g/mol. The van der Waals surface area contributed by atoms with E-state index in [1.807, 2.05) is 0 Å². The molecule has 8 nitrogen and oxygen atoms in total. The number of ether oxygens (including phenoxy) is 2. The van der Waals surface area contributed by atoms with Crippen molar-refractivity contribution in [2.75, 3.05) is 14.2 Å². The van der Waals surface area contributed by atoms with Gasteiger partial charge in [0.15, 0.2) is 11.5 Å². The van der Waals surface area contributed by atoms with Gasteiger partial charge < -0.3 is 9.47 Å². The molecule has 2 rings (SSSR count). The van der Waals surface area contributed by atoms with Crippen molar-refractivity contribution in [1.29, 1.82) is 0 Å². The number of carbonyl (C=O) groups excluding carboxylic acids is 2. The van der Waals surface area contributed by atoms with Crippen molar-refractivity contribution in [2.24, 2.45) is 0 Å². The minimum atomic E-state index is -0.583. The van der Waals surface area contributed by atoms with Crippen LogP contribution in [0.2, 0.25) is 0 Å². The number of imide groups is 1. The largest absolute Gasteiger partial charge is 0.493 e. The fourth-order valence-electron chi connectivity index (χ4n) is 2.22. The molecule has 1 heterocycles. The molecule has 24 heavy (non-hydrogen) atoms. The van der Waals surface area contributed by atoms with Crippen molar-refractivity contribution in [3.05, 3.63) is 32.7 Å². The molecule has 9 heteroatoms. The number of hydrogen-bond acceptors (Lipinski definition) is 7. The van der Waals surface area contributed by atoms with Gasteiger partial charge in [-0.15, -0.1) is 0 Å². The Balaban J connectivity index is 2.54. The standard InChI is InChI=1S/C15H16N2O6S/c1-8(2)16-14(18)13(24-15(16)19)6-9-5-11(22-3)12(23-4)7-10(9)17(20)21/h5-8H,1-4H3/b13-6+. The van der Waals surface area contributed by atoms with Gasteiger partial charge >= 0.3 is 0 Å². The highest BCUT2D eigenvalue weighted by atomic mass is 32.2. The summed E-state index contributed by atoms with van der Waals surface area (Å²) in [6, 6.07) is 2.33. The molecule has 0 aromatic heterocycles. The van der Waals surface area contributed by atoms with E-state index in [0.29, 0.717) is 0 Å². The Morgan fingerprint density at radius 3 is 2.25 bits per heavy atom. The molecule has 0 aliphatic carbocycles. The quantitative estimate of drug-likeness (QED) is 0.456. The van der Waals surface area contributed by atoms with Crippen molar-refractivity contribution in [2.45, 2.75) is 19.9 Å². The molecule has 0 atom stereocenters. The summed E-state index contributed by atoms with van der Waals surface area (Å²) in [5.74, 6) is 0.0261. The molecule has 1 aromatic carbocycles. The van der Waals surface area contributed by atoms with Crippen molar-refractivity contribution in [3.63, 3.8) is 0 Å². The van der Waals surface area contributed by atoms with E-state index in [4.69, 9.17) is 9.47 Å². The molecule has 1 aliphatic heterocycles. The van der Waals surface area contributed by atoms with Crippen molar-refractivity contribution < 1.29 is 24.0 Å². The van der Waals surface area contributed by atoms with Crippen molar-refractivity contribution in [1.82, 2.24) is 4.90 Å². The topological polar surface area (TPSA) is 99.0 Å². The van der Waals surface area contributed by atoms with Gasteiger partial charge in [-0.1, -0.05) is 0 Å². The van der Waals surface area contributed by atoms with Crippen LogP contribution in [0.15, 0.2) is 17.0 Å². The third-order valence-electron chi connectivity index (χ3n) is 3.36. The summed E-state index contributed by atoms with van der Waals surface area (Å²) in [4.78, 5) is 36.2. The fraction of sp³-hybridized carbons (Fsp3) is 0.333. The number of methoxy groups -OCH3 is 2. The number of nitro benzene ring substituents is 1. The molecule has 128 valence electrons. The number of thioether (sulfide) groups is 1. The van der Waals surface area contributed by atoms with Gasteiger partial charge in [-0.25, -0.2) is 0 Å². The van der Waals surface area contributed by atoms with Gasteiger partial charge in [0.25, 0.3) is 16.8 Å². The van der Waals surface area contributed by atoms with Gasteiger partial charge in [-0.05, 0) is 37.8 Å². The van der Waals surface area contributed by atoms with Crippen LogP contribution >= 0.6 is 11.8 Å². The highest BCUT2D eigenvalue weighted by molar-refractivity contribution is 8.18. The summed E-state index contributed by atoms with van der Waals surface area (Å²) >= 11 is 0.753. The van der Waals surface area contributed by atoms with Crippen LogP contribution in [0, 0.1) is 10.1 Å². The van der Waals surface area contributed by atoms with E-state index in [-0.39, 0.29) is 33.7 Å². The molecule has 2 amide bonds. The van der Waals surface area contributed by atoms with E-state index in [0.717, 1.165) is 16.7 Å². The molecule has 0 bridgehead atoms. The number of carbonyl (C=O) groups is 2. The third kappa shape index (κ3) is 3.21. The molecular formula is C15H16N2O6S. The Labute approximate surface area is 142 Å². The Bertz CT molecular complexity index is 744. The second kappa shape index (κ2) is 6.91. The SMILES string of the molecule is COc1cc(/C=C2/SC(=O)N(C(C)C)C2=O)c([N+](=O)[O-])cc1OC. The molecule has 1 fully saturated rings. The van der Waals surface area contributed by atoms with Crippen LogP contribution in [0.4, 0.5) is 10.5 Å². The van der Waals surface area contributed by atoms with Gasteiger partial charge in [-0.3, -0.25) is 24.6 Å². The lowest BCUT2D eigenvalue weighted by atomic mass is 10.1. The zero-order chi connectivity index (χ0) is 18.0. The van der Waals surface area contributed by atoms with Gasteiger partial charge in [0.05, 0.1) is 35.7 Å². The summed E-state index contributed by atoms with van der Waals surface area (Å²) in [6.45, 7) is 3.44. The summed E-state index contributed by atoms with van der Waals surface area (Å²) in [6.07, 6.45) is 1.33. The minimum absolute atomic E-state index is 0.129. The maximum Gasteiger partial charge on any atom is 0.293 e. The zero-order valence-corrected chi connectivity index (χ0v) is 14.4.